The van der Waals surface area contributed by atoms with Crippen LogP contribution in [0.25, 0.3) is 0 Å². The molecule has 1 atom stereocenters. The van der Waals surface area contributed by atoms with Gasteiger partial charge in [-0.15, -0.1) is 0 Å². The average molecular weight is 571 g/mol. The number of hydrogen-bond acceptors (Lipinski definition) is 9. The largest absolute Gasteiger partial charge is 0.438 e. The van der Waals surface area contributed by atoms with Gasteiger partial charge in [-0.3, -0.25) is 4.79 Å². The molecule has 1 saturated carbocycles. The van der Waals surface area contributed by atoms with Gasteiger partial charge in [0, 0.05) is 37.9 Å². The van der Waals surface area contributed by atoms with Crippen molar-refractivity contribution in [3.05, 3.63) is 53.2 Å². The molecule has 0 unspecified atom stereocenters. The Hall–Kier alpha value is -3.13. The van der Waals surface area contributed by atoms with Gasteiger partial charge < -0.3 is 15.0 Å². The molecule has 1 saturated heterocycles. The molecule has 1 N–H and O–H groups in total. The van der Waals surface area contributed by atoms with Gasteiger partial charge in [0.1, 0.15) is 17.1 Å². The van der Waals surface area contributed by atoms with Crippen molar-refractivity contribution in [2.45, 2.75) is 37.0 Å². The molecule has 2 aromatic rings. The lowest BCUT2D eigenvalue weighted by molar-refractivity contribution is 0.00715. The van der Waals surface area contributed by atoms with E-state index < -0.39 is 54.5 Å². The molecule has 0 radical (unpaired) electrons. The third-order valence-corrected chi connectivity index (χ3v) is 8.31. The van der Waals surface area contributed by atoms with Gasteiger partial charge in [-0.2, -0.15) is 13.8 Å². The molecule has 2 aliphatic rings. The number of nitrogens with one attached hydrogen (secondary N) is 1. The number of amides is 1. The van der Waals surface area contributed by atoms with Crippen LogP contribution in [0.5, 0.6) is 11.6 Å². The highest BCUT2D eigenvalue weighted by Gasteiger charge is 2.41. The van der Waals surface area contributed by atoms with Crippen LogP contribution in [0.3, 0.4) is 0 Å². The van der Waals surface area contributed by atoms with Crippen molar-refractivity contribution in [1.82, 2.24) is 15.3 Å². The number of sulfone groups is 2. The molecule has 2 heterocycles. The van der Waals surface area contributed by atoms with Crippen molar-refractivity contribution < 1.29 is 35.1 Å². The zero-order valence-electron chi connectivity index (χ0n) is 21.0. The Labute approximate surface area is 220 Å². The maximum Gasteiger partial charge on any atom is 0.304 e. The molecule has 1 aliphatic heterocycles. The van der Waals surface area contributed by atoms with E-state index in [1.165, 1.54) is 11.0 Å². The van der Waals surface area contributed by atoms with Crippen LogP contribution < -0.4 is 15.0 Å². The van der Waals surface area contributed by atoms with E-state index in [2.05, 4.69) is 15.3 Å². The maximum absolute atomic E-state index is 14.4. The van der Waals surface area contributed by atoms with Gasteiger partial charge in [0.05, 0.1) is 11.3 Å². The van der Waals surface area contributed by atoms with Crippen LogP contribution in [0.15, 0.2) is 41.8 Å². The first kappa shape index (κ1) is 27.9. The topological polar surface area (TPSA) is 136 Å². The molecule has 4 rings (SSSR count). The van der Waals surface area contributed by atoms with Crippen molar-refractivity contribution >= 4 is 31.4 Å². The third kappa shape index (κ3) is 6.84. The van der Waals surface area contributed by atoms with Gasteiger partial charge in [-0.1, -0.05) is 24.3 Å². The van der Waals surface area contributed by atoms with E-state index >= 15 is 0 Å². The van der Waals surface area contributed by atoms with Crippen LogP contribution in [0.4, 0.5) is 14.6 Å². The molecule has 38 heavy (non-hydrogen) atoms. The quantitative estimate of drug-likeness (QED) is 0.457. The predicted octanol–water partition coefficient (Wildman–Crippen LogP) is 2.68. The molecule has 1 aromatic carbocycles. The van der Waals surface area contributed by atoms with Crippen molar-refractivity contribution in [1.29, 1.82) is 0 Å². The maximum atomic E-state index is 14.4. The van der Waals surface area contributed by atoms with Crippen LogP contribution in [-0.4, -0.2) is 69.6 Å². The SMILES string of the molecule is CC(F)(F)c1nc(Oc2ccccc2)c(C(=O)N[C@H](/C=C/S(C)(=O)=O)C2CC2)c(N2CC(S(C)(=O)=O)C2)n1. The minimum Gasteiger partial charge on any atom is -0.438 e. The second-order valence-corrected chi connectivity index (χ2v) is 14.0. The summed E-state index contributed by atoms with van der Waals surface area (Å²) in [5.41, 5.74) is -0.257. The molecule has 206 valence electrons. The smallest absolute Gasteiger partial charge is 0.304 e. The number of para-hydroxylation sites is 1. The van der Waals surface area contributed by atoms with Crippen molar-refractivity contribution in [3.63, 3.8) is 0 Å². The number of rotatable bonds is 10. The lowest BCUT2D eigenvalue weighted by Gasteiger charge is -2.40. The van der Waals surface area contributed by atoms with E-state index in [1.54, 1.807) is 30.3 Å². The number of ether oxygens (including phenoxy) is 1. The van der Waals surface area contributed by atoms with Crippen LogP contribution >= 0.6 is 0 Å². The van der Waals surface area contributed by atoms with Crippen molar-refractivity contribution in [2.24, 2.45) is 5.92 Å². The Morgan fingerprint density at radius 1 is 1.13 bits per heavy atom. The van der Waals surface area contributed by atoms with E-state index in [0.717, 1.165) is 30.8 Å². The Kier molecular flexibility index (Phi) is 7.49. The predicted molar refractivity (Wildman–Crippen MR) is 137 cm³/mol. The summed E-state index contributed by atoms with van der Waals surface area (Å²) in [6.07, 6.45) is 5.00. The molecule has 1 aromatic heterocycles. The minimum atomic E-state index is -3.49. The highest BCUT2D eigenvalue weighted by atomic mass is 32.2. The fourth-order valence-electron chi connectivity index (χ4n) is 3.84. The molecule has 0 bridgehead atoms. The Morgan fingerprint density at radius 2 is 1.76 bits per heavy atom. The van der Waals surface area contributed by atoms with Gasteiger partial charge in [0.25, 0.3) is 5.91 Å². The van der Waals surface area contributed by atoms with E-state index in [-0.39, 0.29) is 36.1 Å². The molecular weight excluding hydrogens is 542 g/mol. The molecule has 1 aliphatic carbocycles. The van der Waals surface area contributed by atoms with Crippen LogP contribution in [0, 0.1) is 5.92 Å². The third-order valence-electron chi connectivity index (χ3n) is 6.15. The van der Waals surface area contributed by atoms with Gasteiger partial charge in [0.2, 0.25) is 11.7 Å². The fourth-order valence-corrected chi connectivity index (χ4v) is 5.19. The van der Waals surface area contributed by atoms with Gasteiger partial charge >= 0.3 is 5.92 Å². The molecule has 14 heteroatoms. The number of carbonyl (C=O) groups excluding carboxylic acids is 1. The Bertz CT molecular complexity index is 1450. The second-order valence-electron chi connectivity index (χ2n) is 9.71. The van der Waals surface area contributed by atoms with E-state index in [9.17, 15) is 30.4 Å². The number of carbonyl (C=O) groups is 1. The van der Waals surface area contributed by atoms with Crippen molar-refractivity contribution in [2.75, 3.05) is 30.5 Å². The van der Waals surface area contributed by atoms with Crippen LogP contribution in [-0.2, 0) is 25.6 Å². The summed E-state index contributed by atoms with van der Waals surface area (Å²) in [5, 5.41) is 3.00. The summed E-state index contributed by atoms with van der Waals surface area (Å²) in [5.74, 6) is -5.55. The molecule has 2 fully saturated rings. The number of hydrogen-bond donors (Lipinski definition) is 1. The number of alkyl halides is 2. The normalized spacial score (nSPS) is 17.8. The first-order valence-corrected chi connectivity index (χ1v) is 15.7. The van der Waals surface area contributed by atoms with Crippen LogP contribution in [0.1, 0.15) is 35.9 Å². The molecule has 0 spiro atoms. The Balaban J connectivity index is 1.79. The summed E-state index contributed by atoms with van der Waals surface area (Å²) in [6.45, 7) is 0.484. The summed E-state index contributed by atoms with van der Waals surface area (Å²) in [6, 6.07) is 7.48. The number of benzene rings is 1. The second kappa shape index (κ2) is 10.2. The molecule has 10 nitrogen and oxygen atoms in total. The number of aromatic nitrogens is 2. The summed E-state index contributed by atoms with van der Waals surface area (Å²) in [7, 11) is -6.87. The standard InChI is InChI=1S/C24H28F2N4O6S2/c1-24(25,26)23-28-20(30-13-17(14-30)38(3,34)35)19(22(29-23)36-16-7-5-4-6-8-16)21(31)27-18(15-9-10-15)11-12-37(2,32)33/h4-8,11-12,15,17-18H,9-10,13-14H2,1-3H3,(H,27,31)/b12-11+/t18-/m1/s1. The minimum absolute atomic E-state index is 0.00215. The average Bonchev–Trinajstić information content (AvgIpc) is 3.59. The van der Waals surface area contributed by atoms with Gasteiger partial charge in [-0.25, -0.2) is 21.8 Å². The lowest BCUT2D eigenvalue weighted by atomic mass is 10.1. The van der Waals surface area contributed by atoms with Crippen molar-refractivity contribution in [3.8, 4) is 11.6 Å². The Morgan fingerprint density at radius 3 is 2.29 bits per heavy atom. The monoisotopic (exact) mass is 570 g/mol. The number of nitrogens with zero attached hydrogens (tertiary/aromatic N) is 3. The highest BCUT2D eigenvalue weighted by molar-refractivity contribution is 7.93. The first-order chi connectivity index (χ1) is 17.6. The van der Waals surface area contributed by atoms with Gasteiger partial charge in [0.15, 0.2) is 19.7 Å². The van der Waals surface area contributed by atoms with E-state index in [4.69, 9.17) is 4.74 Å². The van der Waals surface area contributed by atoms with E-state index in [0.29, 0.717) is 6.92 Å². The fraction of sp³-hybridized carbons (Fsp3) is 0.458. The summed E-state index contributed by atoms with van der Waals surface area (Å²) >= 11 is 0. The summed E-state index contributed by atoms with van der Waals surface area (Å²) < 4.78 is 81.9. The number of anilines is 1. The van der Waals surface area contributed by atoms with Crippen LogP contribution in [0.2, 0.25) is 0 Å². The molecule has 1 amide bonds. The first-order valence-electron chi connectivity index (χ1n) is 11.8. The zero-order valence-corrected chi connectivity index (χ0v) is 22.6. The number of halogens is 2. The van der Waals surface area contributed by atoms with Gasteiger partial charge in [-0.05, 0) is 30.9 Å². The zero-order chi connectivity index (χ0) is 27.9. The summed E-state index contributed by atoms with van der Waals surface area (Å²) in [4.78, 5) is 22.9. The highest BCUT2D eigenvalue weighted by Crippen LogP contribution is 2.38. The van der Waals surface area contributed by atoms with E-state index in [1.807, 2.05) is 0 Å². The lowest BCUT2D eigenvalue weighted by Crippen LogP contribution is -2.55. The molecular formula is C24H28F2N4O6S2.